The molecular weight excluding hydrogens is 482 g/mol. The number of rotatable bonds is 10. The van der Waals surface area contributed by atoms with Crippen LogP contribution < -0.4 is 21.5 Å². The first-order chi connectivity index (χ1) is 16.5. The molecule has 1 amide bonds. The van der Waals surface area contributed by atoms with E-state index < -0.39 is 40.6 Å². The van der Waals surface area contributed by atoms with Gasteiger partial charge in [0.05, 0.1) is 17.8 Å². The van der Waals surface area contributed by atoms with Gasteiger partial charge in [0, 0.05) is 13.0 Å². The summed E-state index contributed by atoms with van der Waals surface area (Å²) in [6.45, 7) is 2.32. The number of carbonyl (C=O) groups is 2. The predicted octanol–water partition coefficient (Wildman–Crippen LogP) is -0.373. The van der Waals surface area contributed by atoms with Crippen molar-refractivity contribution in [3.63, 3.8) is 0 Å². The maximum atomic E-state index is 12.6. The smallest absolute Gasteiger partial charge is 0.323 e. The second-order valence-electron chi connectivity index (χ2n) is 7.73. The van der Waals surface area contributed by atoms with E-state index in [4.69, 9.17) is 20.8 Å². The van der Waals surface area contributed by atoms with E-state index >= 15 is 0 Å². The molecule has 2 heterocycles. The van der Waals surface area contributed by atoms with Crippen LogP contribution in [0.15, 0.2) is 43.8 Å². The van der Waals surface area contributed by atoms with Crippen molar-refractivity contribution >= 4 is 39.3 Å². The van der Waals surface area contributed by atoms with Crippen molar-refractivity contribution in [2.75, 3.05) is 6.54 Å². The van der Waals surface area contributed by atoms with Gasteiger partial charge in [-0.1, -0.05) is 22.4 Å². The number of oxime groups is 1. The Morgan fingerprint density at radius 2 is 1.94 bits per heavy atom. The van der Waals surface area contributed by atoms with Gasteiger partial charge in [-0.05, 0) is 31.5 Å². The molecule has 2 atom stereocenters. The summed E-state index contributed by atoms with van der Waals surface area (Å²) in [5.74, 6) is -2.04. The van der Waals surface area contributed by atoms with E-state index in [9.17, 15) is 23.1 Å². The molecule has 2 aromatic rings. The lowest BCUT2D eigenvalue weighted by atomic mass is 10.0. The number of sulfonamides is 1. The Bertz CT molecular complexity index is 1250. The zero-order chi connectivity index (χ0) is 25.8. The second kappa shape index (κ2) is 10.5. The molecule has 0 radical (unpaired) electrons. The number of nitrogens with two attached hydrogens (primary N) is 2. The molecule has 3 rings (SSSR count). The Labute approximate surface area is 200 Å². The molecule has 188 valence electrons. The zero-order valence-electron chi connectivity index (χ0n) is 18.9. The minimum Gasteiger partial charge on any atom is -0.480 e. The number of aromatic nitrogens is 1. The summed E-state index contributed by atoms with van der Waals surface area (Å²) >= 11 is 0. The average Bonchev–Trinajstić information content (AvgIpc) is 3.37. The first-order valence-electron chi connectivity index (χ1n) is 10.3. The molecule has 1 aliphatic rings. The van der Waals surface area contributed by atoms with Crippen LogP contribution in [0.4, 0.5) is 5.69 Å². The fourth-order valence-electron chi connectivity index (χ4n) is 3.36. The van der Waals surface area contributed by atoms with Crippen LogP contribution >= 0.6 is 0 Å². The largest absolute Gasteiger partial charge is 0.480 e. The lowest BCUT2D eigenvalue weighted by molar-refractivity contribution is -0.139. The van der Waals surface area contributed by atoms with Crippen molar-refractivity contribution < 1.29 is 32.5 Å². The number of nitrogens with one attached hydrogen (secondary N) is 2. The summed E-state index contributed by atoms with van der Waals surface area (Å²) in [5, 5.41) is 19.4. The van der Waals surface area contributed by atoms with E-state index in [1.807, 2.05) is 4.72 Å². The third-order valence-corrected chi connectivity index (χ3v) is 6.66. The first-order valence-corrected chi connectivity index (χ1v) is 11.8. The van der Waals surface area contributed by atoms with Crippen LogP contribution in [0.1, 0.15) is 29.9 Å². The molecule has 0 aliphatic carbocycles. The predicted molar refractivity (Wildman–Crippen MR) is 123 cm³/mol. The van der Waals surface area contributed by atoms with Crippen LogP contribution in [0.2, 0.25) is 0 Å². The van der Waals surface area contributed by atoms with Gasteiger partial charge in [0.15, 0.2) is 11.7 Å². The van der Waals surface area contributed by atoms with Gasteiger partial charge in [-0.2, -0.15) is 4.72 Å². The first kappa shape index (κ1) is 25.6. The number of aryl methyl sites for hydroxylation is 2. The van der Waals surface area contributed by atoms with Crippen LogP contribution in [0, 0.1) is 13.8 Å². The van der Waals surface area contributed by atoms with Crippen LogP contribution in [0.5, 0.6) is 0 Å². The topological polar surface area (TPSA) is 225 Å². The molecule has 0 unspecified atom stereocenters. The molecular formula is C20H25N7O7S. The average molecular weight is 508 g/mol. The fraction of sp³-hybridized carbons (Fsp3) is 0.350. The van der Waals surface area contributed by atoms with Crippen molar-refractivity contribution in [3.05, 3.63) is 41.3 Å². The van der Waals surface area contributed by atoms with Crippen LogP contribution in [0.25, 0.3) is 0 Å². The van der Waals surface area contributed by atoms with E-state index in [1.165, 1.54) is 13.8 Å². The third kappa shape index (κ3) is 6.54. The van der Waals surface area contributed by atoms with Gasteiger partial charge in [-0.3, -0.25) is 9.59 Å². The fourth-order valence-corrected chi connectivity index (χ4v) is 4.88. The van der Waals surface area contributed by atoms with Gasteiger partial charge < -0.3 is 31.3 Å². The van der Waals surface area contributed by atoms with E-state index in [1.54, 1.807) is 24.3 Å². The lowest BCUT2D eigenvalue weighted by Crippen LogP contribution is -2.48. The van der Waals surface area contributed by atoms with E-state index in [-0.39, 0.29) is 28.7 Å². The molecule has 0 saturated heterocycles. The highest BCUT2D eigenvalue weighted by Crippen LogP contribution is 2.21. The zero-order valence-corrected chi connectivity index (χ0v) is 19.7. The van der Waals surface area contributed by atoms with Gasteiger partial charge in [0.2, 0.25) is 15.9 Å². The number of aliphatic imine (C=N–C) groups is 1. The Hall–Kier alpha value is -3.98. The summed E-state index contributed by atoms with van der Waals surface area (Å²) < 4.78 is 32.0. The molecule has 14 nitrogen and oxygen atoms in total. The van der Waals surface area contributed by atoms with Crippen LogP contribution in [-0.2, 0) is 24.4 Å². The summed E-state index contributed by atoms with van der Waals surface area (Å²) in [4.78, 5) is 32.9. The monoisotopic (exact) mass is 507 g/mol. The summed E-state index contributed by atoms with van der Waals surface area (Å²) in [7, 11) is -4.24. The number of amides is 1. The number of carbonyl (C=O) groups excluding carboxylic acids is 1. The van der Waals surface area contributed by atoms with Crippen molar-refractivity contribution in [1.82, 2.24) is 15.2 Å². The standard InChI is InChI=1S/C20H25N7O7S/c1-10-18(11(2)33-25-10)35(31,32)27-16(19(29)30)9-23-17(28)8-14-7-15(26-34-14)12-3-5-13(6-4-12)24-20(21)22/h3-6,14,16,27H,7-9H2,1-2H3,(H,23,28)(H,29,30)(H4,21,22,24)/t14-,16+/m0/s1. The number of benzene rings is 1. The third-order valence-electron chi connectivity index (χ3n) is 4.94. The number of hydrogen-bond acceptors (Lipinski definition) is 9. The minimum atomic E-state index is -4.24. The quantitative estimate of drug-likeness (QED) is 0.207. The van der Waals surface area contributed by atoms with Crippen molar-refractivity contribution in [1.29, 1.82) is 0 Å². The molecule has 1 aromatic heterocycles. The van der Waals surface area contributed by atoms with Gasteiger partial charge in [0.1, 0.15) is 22.7 Å². The van der Waals surface area contributed by atoms with Crippen molar-refractivity contribution in [2.45, 2.75) is 43.7 Å². The second-order valence-corrected chi connectivity index (χ2v) is 9.38. The number of aliphatic carboxylic acids is 1. The highest BCUT2D eigenvalue weighted by molar-refractivity contribution is 7.89. The normalized spacial score (nSPS) is 16.2. The molecule has 15 heteroatoms. The van der Waals surface area contributed by atoms with Gasteiger partial charge in [0.25, 0.3) is 0 Å². The van der Waals surface area contributed by atoms with Gasteiger partial charge in [-0.15, -0.1) is 0 Å². The highest BCUT2D eigenvalue weighted by Gasteiger charge is 2.31. The molecule has 35 heavy (non-hydrogen) atoms. The molecule has 7 N–H and O–H groups in total. The summed E-state index contributed by atoms with van der Waals surface area (Å²) in [6.07, 6.45) is -0.331. The van der Waals surface area contributed by atoms with E-state index in [0.717, 1.165) is 5.56 Å². The Balaban J connectivity index is 1.53. The van der Waals surface area contributed by atoms with Crippen LogP contribution in [0.3, 0.4) is 0 Å². The lowest BCUT2D eigenvalue weighted by Gasteiger charge is -2.16. The number of hydrogen-bond donors (Lipinski definition) is 5. The van der Waals surface area contributed by atoms with E-state index in [2.05, 4.69) is 20.6 Å². The Morgan fingerprint density at radius 3 is 2.51 bits per heavy atom. The number of carboxylic acid groups (broad SMARTS) is 1. The number of nitrogens with zero attached hydrogens (tertiary/aromatic N) is 3. The minimum absolute atomic E-state index is 0.0169. The number of carboxylic acids is 1. The maximum absolute atomic E-state index is 12.6. The van der Waals surface area contributed by atoms with Gasteiger partial charge >= 0.3 is 5.97 Å². The van der Waals surface area contributed by atoms with Crippen molar-refractivity contribution in [2.24, 2.45) is 21.6 Å². The van der Waals surface area contributed by atoms with Gasteiger partial charge in [-0.25, -0.2) is 13.4 Å². The molecule has 0 fully saturated rings. The maximum Gasteiger partial charge on any atom is 0.323 e. The summed E-state index contributed by atoms with van der Waals surface area (Å²) in [5.41, 5.74) is 12.7. The highest BCUT2D eigenvalue weighted by atomic mass is 32.2. The van der Waals surface area contributed by atoms with Crippen LogP contribution in [-0.4, -0.2) is 60.9 Å². The summed E-state index contributed by atoms with van der Waals surface area (Å²) in [6, 6.07) is 5.31. The molecule has 0 bridgehead atoms. The molecule has 1 aromatic carbocycles. The van der Waals surface area contributed by atoms with E-state index in [0.29, 0.717) is 17.8 Å². The van der Waals surface area contributed by atoms with Crippen molar-refractivity contribution in [3.8, 4) is 0 Å². The Morgan fingerprint density at radius 1 is 1.26 bits per heavy atom. The molecule has 1 aliphatic heterocycles. The SMILES string of the molecule is Cc1noc(C)c1S(=O)(=O)N[C@H](CNC(=O)C[C@@H]1CC(c2ccc(N=C(N)N)cc2)=NO1)C(=O)O. The Kier molecular flexibility index (Phi) is 7.71. The molecule has 0 spiro atoms. The molecule has 0 saturated carbocycles. The number of guanidine groups is 1.